The zero-order valence-electron chi connectivity index (χ0n) is 53.4. The van der Waals surface area contributed by atoms with Crippen LogP contribution in [0.15, 0.2) is 0 Å². The third-order valence-electron chi connectivity index (χ3n) is 17.4. The first-order chi connectivity index (χ1) is 38.5. The van der Waals surface area contributed by atoms with Crippen LogP contribution in [0, 0.1) is 0 Å². The Morgan fingerprint density at radius 3 is 0.782 bits per heavy atom. The minimum absolute atomic E-state index is 0.0224. The van der Waals surface area contributed by atoms with Crippen LogP contribution in [-0.2, 0) is 14.3 Å². The van der Waals surface area contributed by atoms with Gasteiger partial charge in [0.15, 0.2) is 0 Å². The minimum Gasteiger partial charge on any atom is -0.466 e. The predicted octanol–water partition coefficient (Wildman–Crippen LogP) is 23.4. The van der Waals surface area contributed by atoms with Gasteiger partial charge in [0, 0.05) is 12.8 Å². The van der Waals surface area contributed by atoms with Gasteiger partial charge in [-0.05, 0) is 25.7 Å². The van der Waals surface area contributed by atoms with Gasteiger partial charge in [-0.25, -0.2) is 0 Å². The van der Waals surface area contributed by atoms with Crippen molar-refractivity contribution in [3.63, 3.8) is 0 Å². The molecule has 0 aliphatic carbocycles. The van der Waals surface area contributed by atoms with Crippen molar-refractivity contribution in [2.75, 3.05) is 13.2 Å². The molecule has 0 heterocycles. The smallest absolute Gasteiger partial charge is 0.305 e. The second kappa shape index (κ2) is 68.4. The number of hydrogen-bond acceptors (Lipinski definition) is 5. The van der Waals surface area contributed by atoms with Crippen molar-refractivity contribution >= 4 is 11.9 Å². The Morgan fingerprint density at radius 1 is 0.308 bits per heavy atom. The van der Waals surface area contributed by atoms with Gasteiger partial charge in [0.05, 0.1) is 25.4 Å². The normalized spacial score (nSPS) is 12.4. The number of unbranched alkanes of at least 4 members (excludes halogenated alkanes) is 58. The van der Waals surface area contributed by atoms with Gasteiger partial charge in [0.2, 0.25) is 5.91 Å². The Labute approximate surface area is 489 Å². The van der Waals surface area contributed by atoms with E-state index in [1.54, 1.807) is 0 Å². The number of esters is 1. The molecule has 78 heavy (non-hydrogen) atoms. The first-order valence-corrected chi connectivity index (χ1v) is 36.3. The SMILES string of the molecule is CCCCCCCCCCCCCCCCCCCCCC(O)C(CO)NC(=O)CCCCCCCCCCCCCCCCCCCCCCCCCCCCCOC(=O)CCCCCCCCCCCCCCCCC. The molecule has 0 aliphatic rings. The molecule has 0 fully saturated rings. The molecular formula is C72H143NO5. The molecule has 0 saturated carbocycles. The number of carbonyl (C=O) groups is 2. The molecule has 0 aliphatic heterocycles. The minimum atomic E-state index is -0.662. The monoisotopic (exact) mass is 1100 g/mol. The average molecular weight is 1100 g/mol. The maximum absolute atomic E-state index is 12.5. The molecule has 3 N–H and O–H groups in total. The summed E-state index contributed by atoms with van der Waals surface area (Å²) in [4.78, 5) is 24.6. The molecule has 0 aromatic heterocycles. The van der Waals surface area contributed by atoms with E-state index in [0.29, 0.717) is 25.9 Å². The van der Waals surface area contributed by atoms with Gasteiger partial charge in [-0.1, -0.05) is 386 Å². The highest BCUT2D eigenvalue weighted by Crippen LogP contribution is 2.20. The van der Waals surface area contributed by atoms with Crippen LogP contribution in [0.2, 0.25) is 0 Å². The molecule has 2 atom stereocenters. The van der Waals surface area contributed by atoms with E-state index in [1.807, 2.05) is 0 Å². The molecule has 6 nitrogen and oxygen atoms in total. The summed E-state index contributed by atoms with van der Waals surface area (Å²) in [6.45, 7) is 5.01. The van der Waals surface area contributed by atoms with Gasteiger partial charge in [-0.15, -0.1) is 0 Å². The second-order valence-electron chi connectivity index (χ2n) is 25.3. The Balaban J connectivity index is 3.33. The molecule has 0 spiro atoms. The molecule has 0 aromatic rings. The van der Waals surface area contributed by atoms with E-state index >= 15 is 0 Å². The number of carbonyl (C=O) groups excluding carboxylic acids is 2. The highest BCUT2D eigenvalue weighted by atomic mass is 16.5. The Kier molecular flexibility index (Phi) is 67.4. The van der Waals surface area contributed by atoms with Crippen LogP contribution in [0.1, 0.15) is 425 Å². The first kappa shape index (κ1) is 76.9. The Hall–Kier alpha value is -1.14. The molecule has 2 unspecified atom stereocenters. The van der Waals surface area contributed by atoms with Crippen molar-refractivity contribution in [3.8, 4) is 0 Å². The Bertz CT molecular complexity index is 1130. The van der Waals surface area contributed by atoms with Crippen LogP contribution in [0.25, 0.3) is 0 Å². The molecule has 0 bridgehead atoms. The van der Waals surface area contributed by atoms with Gasteiger partial charge in [0.25, 0.3) is 0 Å². The molecule has 6 heteroatoms. The molecular weight excluding hydrogens is 959 g/mol. The summed E-state index contributed by atoms with van der Waals surface area (Å²) in [5.74, 6) is -0.00465. The summed E-state index contributed by atoms with van der Waals surface area (Å²) in [7, 11) is 0. The summed E-state index contributed by atoms with van der Waals surface area (Å²) >= 11 is 0. The molecule has 0 saturated heterocycles. The van der Waals surface area contributed by atoms with Crippen LogP contribution in [0.5, 0.6) is 0 Å². The number of amides is 1. The van der Waals surface area contributed by atoms with Crippen molar-refractivity contribution in [2.24, 2.45) is 0 Å². The molecule has 0 rings (SSSR count). The van der Waals surface area contributed by atoms with Crippen LogP contribution in [0.3, 0.4) is 0 Å². The topological polar surface area (TPSA) is 95.9 Å². The van der Waals surface area contributed by atoms with Crippen LogP contribution in [0.4, 0.5) is 0 Å². The number of ether oxygens (including phenoxy) is 1. The predicted molar refractivity (Wildman–Crippen MR) is 343 cm³/mol. The maximum Gasteiger partial charge on any atom is 0.305 e. The lowest BCUT2D eigenvalue weighted by molar-refractivity contribution is -0.143. The van der Waals surface area contributed by atoms with Crippen molar-refractivity contribution in [3.05, 3.63) is 0 Å². The van der Waals surface area contributed by atoms with Gasteiger partial charge >= 0.3 is 5.97 Å². The summed E-state index contributed by atoms with van der Waals surface area (Å²) in [6, 6.07) is -0.539. The van der Waals surface area contributed by atoms with Crippen LogP contribution < -0.4 is 5.32 Å². The highest BCUT2D eigenvalue weighted by molar-refractivity contribution is 5.76. The molecule has 0 radical (unpaired) electrons. The summed E-state index contributed by atoms with van der Waals surface area (Å²) in [6.07, 6.45) is 83.0. The zero-order chi connectivity index (χ0) is 56.4. The fourth-order valence-corrected chi connectivity index (χ4v) is 11.9. The van der Waals surface area contributed by atoms with Crippen LogP contribution in [-0.4, -0.2) is 47.4 Å². The van der Waals surface area contributed by atoms with E-state index < -0.39 is 12.1 Å². The van der Waals surface area contributed by atoms with Gasteiger partial charge in [-0.3, -0.25) is 9.59 Å². The summed E-state index contributed by atoms with van der Waals surface area (Å²) < 4.78 is 5.50. The number of aliphatic hydroxyl groups is 2. The van der Waals surface area contributed by atoms with Gasteiger partial charge < -0.3 is 20.3 Å². The quantitative estimate of drug-likeness (QED) is 0.0417. The standard InChI is InChI=1S/C72H143NO5/c1-3-5-7-9-11-13-15-17-19-20-30-33-37-40-44-48-52-56-60-64-70(75)69(68-74)73-71(76)65-61-57-53-49-45-41-38-34-31-28-26-24-22-21-23-25-27-29-32-35-39-43-47-51-55-59-63-67-78-72(77)66-62-58-54-50-46-42-36-18-16-14-12-10-8-6-4-2/h69-70,74-75H,3-68H2,1-2H3,(H,73,76). The van der Waals surface area contributed by atoms with Gasteiger partial charge in [0.1, 0.15) is 0 Å². The number of rotatable bonds is 69. The number of hydrogen-bond donors (Lipinski definition) is 3. The lowest BCUT2D eigenvalue weighted by Gasteiger charge is -2.22. The van der Waals surface area contributed by atoms with Crippen molar-refractivity contribution < 1.29 is 24.5 Å². The van der Waals surface area contributed by atoms with E-state index in [4.69, 9.17) is 4.74 Å². The number of nitrogens with one attached hydrogen (secondary N) is 1. The van der Waals surface area contributed by atoms with E-state index in [2.05, 4.69) is 19.2 Å². The van der Waals surface area contributed by atoms with E-state index in [-0.39, 0.29) is 18.5 Å². The lowest BCUT2D eigenvalue weighted by Crippen LogP contribution is -2.45. The van der Waals surface area contributed by atoms with Crippen molar-refractivity contribution in [2.45, 2.75) is 437 Å². The molecule has 1 amide bonds. The molecule has 0 aromatic carbocycles. The largest absolute Gasteiger partial charge is 0.466 e. The third-order valence-corrected chi connectivity index (χ3v) is 17.4. The summed E-state index contributed by atoms with van der Waals surface area (Å²) in [5, 5.41) is 23.4. The van der Waals surface area contributed by atoms with Crippen LogP contribution >= 0.6 is 0 Å². The maximum atomic E-state index is 12.5. The van der Waals surface area contributed by atoms with E-state index in [1.165, 1.54) is 353 Å². The van der Waals surface area contributed by atoms with Crippen molar-refractivity contribution in [1.82, 2.24) is 5.32 Å². The first-order valence-electron chi connectivity index (χ1n) is 36.3. The second-order valence-corrected chi connectivity index (χ2v) is 25.3. The third kappa shape index (κ3) is 64.0. The number of aliphatic hydroxyl groups excluding tert-OH is 2. The fourth-order valence-electron chi connectivity index (χ4n) is 11.9. The lowest BCUT2D eigenvalue weighted by atomic mass is 10.0. The Morgan fingerprint density at radius 2 is 0.526 bits per heavy atom. The fraction of sp³-hybridized carbons (Fsp3) is 0.972. The zero-order valence-corrected chi connectivity index (χ0v) is 53.4. The van der Waals surface area contributed by atoms with Crippen molar-refractivity contribution in [1.29, 1.82) is 0 Å². The molecule has 466 valence electrons. The van der Waals surface area contributed by atoms with E-state index in [0.717, 1.165) is 38.5 Å². The van der Waals surface area contributed by atoms with Gasteiger partial charge in [-0.2, -0.15) is 0 Å². The average Bonchev–Trinajstić information content (AvgIpc) is 3.44. The van der Waals surface area contributed by atoms with E-state index in [9.17, 15) is 19.8 Å². The highest BCUT2D eigenvalue weighted by Gasteiger charge is 2.20. The summed E-state index contributed by atoms with van der Waals surface area (Å²) in [5.41, 5.74) is 0.